The van der Waals surface area contributed by atoms with E-state index in [2.05, 4.69) is 10.2 Å². The number of nitrogens with zero attached hydrogens (tertiary/aromatic N) is 1. The molecule has 208 valence electrons. The number of alkyl carbamates (subject to hydrolysis) is 1. The zero-order chi connectivity index (χ0) is 27.5. The number of esters is 2. The van der Waals surface area contributed by atoms with E-state index >= 15 is 0 Å². The fourth-order valence-electron chi connectivity index (χ4n) is 6.59. The number of amides is 1. The maximum Gasteiger partial charge on any atom is 0.407 e. The minimum absolute atomic E-state index is 0.163. The highest BCUT2D eigenvalue weighted by Crippen LogP contribution is 2.54. The maximum absolute atomic E-state index is 12.8. The van der Waals surface area contributed by atoms with Crippen LogP contribution in [0.25, 0.3) is 0 Å². The van der Waals surface area contributed by atoms with Crippen LogP contribution in [-0.2, 0) is 31.1 Å². The zero-order valence-corrected chi connectivity index (χ0v) is 22.8. The quantitative estimate of drug-likeness (QED) is 0.386. The van der Waals surface area contributed by atoms with Crippen molar-refractivity contribution in [3.63, 3.8) is 0 Å². The lowest BCUT2D eigenvalue weighted by Gasteiger charge is -2.59. The molecule has 2 saturated carbocycles. The van der Waals surface area contributed by atoms with Crippen molar-refractivity contribution in [2.75, 3.05) is 19.6 Å². The molecule has 1 saturated heterocycles. The Morgan fingerprint density at radius 3 is 2.49 bits per heavy atom. The van der Waals surface area contributed by atoms with E-state index in [1.165, 1.54) is 26.7 Å². The molecule has 1 aliphatic heterocycles. The molecule has 3 aliphatic rings. The molecule has 3 fully saturated rings. The summed E-state index contributed by atoms with van der Waals surface area (Å²) in [6.07, 6.45) is 4.66. The van der Waals surface area contributed by atoms with Crippen molar-refractivity contribution >= 4 is 18.0 Å². The number of ether oxygens (including phenoxy) is 3. The number of piperidine rings is 1. The summed E-state index contributed by atoms with van der Waals surface area (Å²) in [5.74, 6) is 0.484. The van der Waals surface area contributed by atoms with Gasteiger partial charge in [0.15, 0.2) is 0 Å². The summed E-state index contributed by atoms with van der Waals surface area (Å²) >= 11 is 0. The molecule has 8 nitrogen and oxygen atoms in total. The van der Waals surface area contributed by atoms with Gasteiger partial charge < -0.3 is 19.5 Å². The highest BCUT2D eigenvalue weighted by Gasteiger charge is 2.61. The molecule has 5 rings (SSSR count). The van der Waals surface area contributed by atoms with E-state index in [0.717, 1.165) is 36.6 Å². The second-order valence-electron chi connectivity index (χ2n) is 11.4. The second kappa shape index (κ2) is 11.4. The number of hydrogen-bond donors (Lipinski definition) is 1. The largest absolute Gasteiger partial charge is 0.457 e. The summed E-state index contributed by atoms with van der Waals surface area (Å²) < 4.78 is 17.3. The molecule has 2 aromatic carbocycles. The van der Waals surface area contributed by atoms with Crippen molar-refractivity contribution in [3.05, 3.63) is 65.7 Å². The van der Waals surface area contributed by atoms with E-state index in [9.17, 15) is 14.4 Å². The summed E-state index contributed by atoms with van der Waals surface area (Å²) in [4.78, 5) is 39.5. The standard InChI is InChI=1S/C31H38N2O6/c1-22(34)38-28-10-6-9-26(17-28)30-15-16-33(19-24-11-12-24)21-31(30,39-23(2)35)14-13-27(18-30)32-29(36)37-20-25-7-4-3-5-8-25/h3-10,17,24,27H,11-16,18-21H2,1-2H3,(H,32,36)/t27-,30+,31+/m1/s1. The van der Waals surface area contributed by atoms with Crippen LogP contribution in [-0.4, -0.2) is 54.2 Å². The average molecular weight is 535 g/mol. The summed E-state index contributed by atoms with van der Waals surface area (Å²) in [6.45, 7) is 5.57. The molecule has 0 spiro atoms. The van der Waals surface area contributed by atoms with Crippen LogP contribution >= 0.6 is 0 Å². The minimum Gasteiger partial charge on any atom is -0.457 e. The third-order valence-electron chi connectivity index (χ3n) is 8.43. The van der Waals surface area contributed by atoms with Gasteiger partial charge >= 0.3 is 18.0 Å². The maximum atomic E-state index is 12.8. The molecule has 39 heavy (non-hydrogen) atoms. The first-order chi connectivity index (χ1) is 18.8. The normalized spacial score (nSPS) is 26.7. The molecule has 1 amide bonds. The fourth-order valence-corrected chi connectivity index (χ4v) is 6.59. The molecule has 1 heterocycles. The van der Waals surface area contributed by atoms with Gasteiger partial charge in [0.25, 0.3) is 0 Å². The predicted molar refractivity (Wildman–Crippen MR) is 145 cm³/mol. The third-order valence-corrected chi connectivity index (χ3v) is 8.43. The number of fused-ring (bicyclic) bond motifs is 1. The van der Waals surface area contributed by atoms with E-state index in [4.69, 9.17) is 14.2 Å². The lowest BCUT2D eigenvalue weighted by molar-refractivity contribution is -0.187. The zero-order valence-electron chi connectivity index (χ0n) is 22.8. The Balaban J connectivity index is 1.42. The van der Waals surface area contributed by atoms with Crippen LogP contribution in [0, 0.1) is 5.92 Å². The van der Waals surface area contributed by atoms with Crippen molar-refractivity contribution in [2.45, 2.75) is 76.0 Å². The number of nitrogens with one attached hydrogen (secondary N) is 1. The van der Waals surface area contributed by atoms with Crippen molar-refractivity contribution < 1.29 is 28.6 Å². The Hall–Kier alpha value is -3.39. The summed E-state index contributed by atoms with van der Waals surface area (Å²) in [6, 6.07) is 17.0. The van der Waals surface area contributed by atoms with E-state index in [1.54, 1.807) is 6.07 Å². The van der Waals surface area contributed by atoms with Gasteiger partial charge in [-0.1, -0.05) is 42.5 Å². The third kappa shape index (κ3) is 6.27. The number of likely N-dealkylation sites (tertiary alicyclic amines) is 1. The molecular formula is C31H38N2O6. The Labute approximate surface area is 230 Å². The molecule has 0 bridgehead atoms. The molecule has 8 heteroatoms. The summed E-state index contributed by atoms with van der Waals surface area (Å²) in [7, 11) is 0. The van der Waals surface area contributed by atoms with Gasteiger partial charge in [-0.05, 0) is 74.2 Å². The van der Waals surface area contributed by atoms with Crippen LogP contribution < -0.4 is 10.1 Å². The smallest absolute Gasteiger partial charge is 0.407 e. The first-order valence-electron chi connectivity index (χ1n) is 14.0. The van der Waals surface area contributed by atoms with E-state index < -0.39 is 17.1 Å². The predicted octanol–water partition coefficient (Wildman–Crippen LogP) is 4.75. The SMILES string of the molecule is CC(=O)Oc1cccc([C@@]23CCN(CC4CC4)C[C@@]2(OC(C)=O)CC[C@@H](NC(=O)OCc2ccccc2)C3)c1. The Morgan fingerprint density at radius 1 is 0.974 bits per heavy atom. The molecule has 1 N–H and O–H groups in total. The number of carbonyl (C=O) groups is 3. The van der Waals surface area contributed by atoms with Crippen molar-refractivity contribution in [2.24, 2.45) is 5.92 Å². The van der Waals surface area contributed by atoms with Gasteiger partial charge in [0, 0.05) is 38.4 Å². The van der Waals surface area contributed by atoms with Gasteiger partial charge in [-0.3, -0.25) is 14.5 Å². The van der Waals surface area contributed by atoms with Crippen LogP contribution in [0.1, 0.15) is 63.5 Å². The van der Waals surface area contributed by atoms with Crippen LogP contribution in [0.15, 0.2) is 54.6 Å². The highest BCUT2D eigenvalue weighted by atomic mass is 16.6. The Kier molecular flexibility index (Phi) is 7.93. The Morgan fingerprint density at radius 2 is 1.77 bits per heavy atom. The van der Waals surface area contributed by atoms with Crippen LogP contribution in [0.4, 0.5) is 4.79 Å². The molecule has 0 aromatic heterocycles. The van der Waals surface area contributed by atoms with Crippen LogP contribution in [0.3, 0.4) is 0 Å². The first-order valence-corrected chi connectivity index (χ1v) is 14.0. The fraction of sp³-hybridized carbons (Fsp3) is 0.516. The first kappa shape index (κ1) is 27.2. The molecule has 2 aromatic rings. The molecule has 3 atom stereocenters. The molecular weight excluding hydrogens is 496 g/mol. The van der Waals surface area contributed by atoms with Crippen LogP contribution in [0.5, 0.6) is 5.75 Å². The number of rotatable bonds is 8. The lowest BCUT2D eigenvalue weighted by atomic mass is 9.55. The van der Waals surface area contributed by atoms with Gasteiger partial charge in [-0.15, -0.1) is 0 Å². The summed E-state index contributed by atoms with van der Waals surface area (Å²) in [5, 5.41) is 3.09. The van der Waals surface area contributed by atoms with Gasteiger partial charge in [0.2, 0.25) is 0 Å². The molecule has 2 aliphatic carbocycles. The van der Waals surface area contributed by atoms with Gasteiger partial charge in [0.1, 0.15) is 18.0 Å². The number of hydrogen-bond acceptors (Lipinski definition) is 7. The van der Waals surface area contributed by atoms with Crippen molar-refractivity contribution in [1.82, 2.24) is 10.2 Å². The van der Waals surface area contributed by atoms with E-state index in [0.29, 0.717) is 31.6 Å². The molecule has 0 unspecified atom stereocenters. The van der Waals surface area contributed by atoms with Crippen molar-refractivity contribution in [1.29, 1.82) is 0 Å². The number of benzene rings is 2. The second-order valence-corrected chi connectivity index (χ2v) is 11.4. The minimum atomic E-state index is -0.757. The van der Waals surface area contributed by atoms with Crippen LogP contribution in [0.2, 0.25) is 0 Å². The van der Waals surface area contributed by atoms with Gasteiger partial charge in [0.05, 0.1) is 0 Å². The average Bonchev–Trinajstić information content (AvgIpc) is 3.72. The van der Waals surface area contributed by atoms with E-state index in [-0.39, 0.29) is 24.6 Å². The van der Waals surface area contributed by atoms with Gasteiger partial charge in [-0.2, -0.15) is 0 Å². The van der Waals surface area contributed by atoms with Crippen molar-refractivity contribution in [3.8, 4) is 5.75 Å². The summed E-state index contributed by atoms with van der Waals surface area (Å²) in [5.41, 5.74) is 0.557. The van der Waals surface area contributed by atoms with E-state index in [1.807, 2.05) is 48.5 Å². The Bertz CT molecular complexity index is 1200. The lowest BCUT2D eigenvalue weighted by Crippen LogP contribution is -2.68. The molecule has 0 radical (unpaired) electrons. The highest BCUT2D eigenvalue weighted by molar-refractivity contribution is 5.70. The monoisotopic (exact) mass is 534 g/mol. The number of carbonyl (C=O) groups excluding carboxylic acids is 3. The topological polar surface area (TPSA) is 94.2 Å². The van der Waals surface area contributed by atoms with Gasteiger partial charge in [-0.25, -0.2) is 4.79 Å².